The van der Waals surface area contributed by atoms with Crippen LogP contribution in [0.3, 0.4) is 0 Å². The molecule has 0 spiro atoms. The van der Waals surface area contributed by atoms with Gasteiger partial charge in [-0.1, -0.05) is 24.3 Å². The number of nitriles is 1. The Morgan fingerprint density at radius 2 is 1.54 bits per heavy atom. The molecule has 118 valence electrons. The number of nitrogens with zero attached hydrogens (tertiary/aromatic N) is 2. The van der Waals surface area contributed by atoms with Crippen LogP contribution in [0.2, 0.25) is 0 Å². The lowest BCUT2D eigenvalue weighted by Gasteiger charge is -2.19. The average molecular weight is 316 g/mol. The second-order valence-electron chi connectivity index (χ2n) is 7.19. The Balaban J connectivity index is 1.68. The summed E-state index contributed by atoms with van der Waals surface area (Å²) in [7, 11) is 0. The first-order chi connectivity index (χ1) is 11.7. The lowest BCUT2D eigenvalue weighted by molar-refractivity contribution is -0.123. The largest absolute Gasteiger partial charge is 0.274 e. The average Bonchev–Trinajstić information content (AvgIpc) is 3.28. The van der Waals surface area contributed by atoms with Crippen molar-refractivity contribution < 1.29 is 9.59 Å². The number of fused-ring (bicyclic) bond motifs is 6. The molecule has 2 aromatic rings. The Morgan fingerprint density at radius 3 is 2.17 bits per heavy atom. The molecule has 1 aliphatic heterocycles. The molecule has 1 heterocycles. The molecule has 4 nitrogen and oxygen atoms in total. The summed E-state index contributed by atoms with van der Waals surface area (Å²) >= 11 is 0. The smallest absolute Gasteiger partial charge is 0.237 e. The number of imide groups is 1. The van der Waals surface area contributed by atoms with Gasteiger partial charge in [0.05, 0.1) is 29.2 Å². The maximum Gasteiger partial charge on any atom is 0.237 e. The molecule has 4 atom stereocenters. The zero-order valence-electron chi connectivity index (χ0n) is 13.1. The predicted molar refractivity (Wildman–Crippen MR) is 89.0 cm³/mol. The second kappa shape index (κ2) is 4.67. The Morgan fingerprint density at radius 1 is 0.917 bits per heavy atom. The van der Waals surface area contributed by atoms with Gasteiger partial charge < -0.3 is 0 Å². The number of hydrogen-bond acceptors (Lipinski definition) is 3. The van der Waals surface area contributed by atoms with Crippen LogP contribution in [0.4, 0.5) is 5.69 Å². The van der Waals surface area contributed by atoms with Crippen LogP contribution < -0.4 is 4.90 Å². The van der Waals surface area contributed by atoms with E-state index in [0.717, 1.165) is 30.0 Å². The van der Waals surface area contributed by atoms with Crippen LogP contribution in [0, 0.1) is 35.0 Å². The maximum atomic E-state index is 13.0. The van der Waals surface area contributed by atoms with Gasteiger partial charge in [-0.3, -0.25) is 9.59 Å². The van der Waals surface area contributed by atoms with E-state index in [2.05, 4.69) is 6.07 Å². The van der Waals surface area contributed by atoms with Crippen molar-refractivity contribution >= 4 is 28.3 Å². The highest BCUT2D eigenvalue weighted by Crippen LogP contribution is 2.56. The summed E-state index contributed by atoms with van der Waals surface area (Å²) in [4.78, 5) is 27.5. The van der Waals surface area contributed by atoms with Crippen molar-refractivity contribution in [3.63, 3.8) is 0 Å². The molecule has 2 bridgehead atoms. The molecule has 4 heteroatoms. The van der Waals surface area contributed by atoms with Crippen molar-refractivity contribution in [1.82, 2.24) is 0 Å². The molecule has 5 rings (SSSR count). The van der Waals surface area contributed by atoms with E-state index >= 15 is 0 Å². The molecule has 1 saturated heterocycles. The van der Waals surface area contributed by atoms with Gasteiger partial charge in [-0.15, -0.1) is 0 Å². The quantitative estimate of drug-likeness (QED) is 0.759. The van der Waals surface area contributed by atoms with E-state index in [1.165, 1.54) is 4.90 Å². The number of hydrogen-bond donors (Lipinski definition) is 0. The maximum absolute atomic E-state index is 13.0. The molecule has 0 N–H and O–H groups in total. The minimum Gasteiger partial charge on any atom is -0.274 e. The minimum atomic E-state index is -0.120. The van der Waals surface area contributed by atoms with Gasteiger partial charge in [-0.25, -0.2) is 4.90 Å². The third kappa shape index (κ3) is 1.57. The fraction of sp³-hybridized carbons (Fsp3) is 0.350. The number of rotatable bonds is 1. The number of carbonyl (C=O) groups is 2. The van der Waals surface area contributed by atoms with Crippen LogP contribution in [0.5, 0.6) is 0 Å². The van der Waals surface area contributed by atoms with Crippen LogP contribution in [0.15, 0.2) is 36.4 Å². The Bertz CT molecular complexity index is 914. The van der Waals surface area contributed by atoms with Crippen molar-refractivity contribution in [3.8, 4) is 6.07 Å². The summed E-state index contributed by atoms with van der Waals surface area (Å²) in [5, 5.41) is 10.9. The van der Waals surface area contributed by atoms with E-state index in [-0.39, 0.29) is 23.7 Å². The highest BCUT2D eigenvalue weighted by atomic mass is 16.2. The van der Waals surface area contributed by atoms with Crippen molar-refractivity contribution in [2.24, 2.45) is 23.7 Å². The number of anilines is 1. The fourth-order valence-electron chi connectivity index (χ4n) is 5.22. The molecular weight excluding hydrogens is 300 g/mol. The SMILES string of the molecule is N#Cc1ccc(N2C(=O)[C@@H]3[C@@H]4CC[C@@H](C4)[C@@H]3C2=O)c2ccccc12. The normalized spacial score (nSPS) is 30.9. The monoisotopic (exact) mass is 316 g/mol. The molecular formula is C20H16N2O2. The Hall–Kier alpha value is -2.67. The topological polar surface area (TPSA) is 61.2 Å². The number of carbonyl (C=O) groups excluding carboxylic acids is 2. The summed E-state index contributed by atoms with van der Waals surface area (Å²) in [5.41, 5.74) is 1.20. The summed E-state index contributed by atoms with van der Waals surface area (Å²) < 4.78 is 0. The third-order valence-corrected chi connectivity index (χ3v) is 6.19. The van der Waals surface area contributed by atoms with Crippen molar-refractivity contribution in [3.05, 3.63) is 42.0 Å². The van der Waals surface area contributed by atoms with E-state index in [1.54, 1.807) is 12.1 Å². The summed E-state index contributed by atoms with van der Waals surface area (Å²) in [6.45, 7) is 0. The molecule has 24 heavy (non-hydrogen) atoms. The molecule has 2 aliphatic carbocycles. The van der Waals surface area contributed by atoms with E-state index in [4.69, 9.17) is 0 Å². The Labute approximate surface area is 139 Å². The molecule has 0 radical (unpaired) electrons. The molecule has 0 unspecified atom stereocenters. The van der Waals surface area contributed by atoms with Crippen molar-refractivity contribution in [1.29, 1.82) is 5.26 Å². The fourth-order valence-corrected chi connectivity index (χ4v) is 5.22. The summed E-state index contributed by atoms with van der Waals surface area (Å²) in [6.07, 6.45) is 3.19. The first kappa shape index (κ1) is 13.7. The van der Waals surface area contributed by atoms with E-state index in [0.29, 0.717) is 23.1 Å². The van der Waals surface area contributed by atoms with Gasteiger partial charge in [-0.05, 0) is 43.2 Å². The third-order valence-electron chi connectivity index (χ3n) is 6.19. The van der Waals surface area contributed by atoms with Gasteiger partial charge in [-0.2, -0.15) is 5.26 Å². The van der Waals surface area contributed by atoms with Gasteiger partial charge in [0.2, 0.25) is 11.8 Å². The van der Waals surface area contributed by atoms with Gasteiger partial charge >= 0.3 is 0 Å². The molecule has 2 saturated carbocycles. The first-order valence-corrected chi connectivity index (χ1v) is 8.50. The number of amides is 2. The van der Waals surface area contributed by atoms with E-state index in [1.807, 2.05) is 24.3 Å². The summed E-state index contributed by atoms with van der Waals surface area (Å²) in [5.74, 6) is 0.452. The lowest BCUT2D eigenvalue weighted by Crippen LogP contribution is -2.32. The van der Waals surface area contributed by atoms with Crippen molar-refractivity contribution in [2.45, 2.75) is 19.3 Å². The van der Waals surface area contributed by atoms with Crippen LogP contribution in [0.25, 0.3) is 10.8 Å². The molecule has 3 fully saturated rings. The van der Waals surface area contributed by atoms with Gasteiger partial charge in [0, 0.05) is 10.8 Å². The predicted octanol–water partition coefficient (Wildman–Crippen LogP) is 3.25. The van der Waals surface area contributed by atoms with Gasteiger partial charge in [0.25, 0.3) is 0 Å². The zero-order chi connectivity index (χ0) is 16.4. The van der Waals surface area contributed by atoms with Crippen LogP contribution in [0.1, 0.15) is 24.8 Å². The van der Waals surface area contributed by atoms with E-state index in [9.17, 15) is 14.9 Å². The van der Waals surface area contributed by atoms with Crippen molar-refractivity contribution in [2.75, 3.05) is 4.90 Å². The minimum absolute atomic E-state index is 0.0351. The number of benzene rings is 2. The highest BCUT2D eigenvalue weighted by Gasteiger charge is 2.61. The van der Waals surface area contributed by atoms with Gasteiger partial charge in [0.1, 0.15) is 0 Å². The highest BCUT2D eigenvalue weighted by molar-refractivity contribution is 6.25. The van der Waals surface area contributed by atoms with E-state index < -0.39 is 0 Å². The molecule has 2 aromatic carbocycles. The Kier molecular flexibility index (Phi) is 2.67. The summed E-state index contributed by atoms with van der Waals surface area (Å²) in [6, 6.07) is 13.1. The first-order valence-electron chi connectivity index (χ1n) is 8.50. The standard InChI is InChI=1S/C20H16N2O2/c21-10-13-7-8-16(15-4-2-1-3-14(13)15)22-19(23)17-11-5-6-12(9-11)18(17)20(22)24/h1-4,7-8,11-12,17-18H,5-6,9H2/t11-,12+,17-,18+. The molecule has 2 amide bonds. The van der Waals surface area contributed by atoms with Crippen LogP contribution >= 0.6 is 0 Å². The zero-order valence-corrected chi connectivity index (χ0v) is 13.1. The molecule has 3 aliphatic rings. The molecule has 0 aromatic heterocycles. The van der Waals surface area contributed by atoms with Gasteiger partial charge in [0.15, 0.2) is 0 Å². The lowest BCUT2D eigenvalue weighted by atomic mass is 9.81. The second-order valence-corrected chi connectivity index (χ2v) is 7.19. The van der Waals surface area contributed by atoms with Crippen LogP contribution in [-0.2, 0) is 9.59 Å². The van der Waals surface area contributed by atoms with Crippen LogP contribution in [-0.4, -0.2) is 11.8 Å².